The van der Waals surface area contributed by atoms with E-state index in [1.165, 1.54) is 12.1 Å². The third-order valence-corrected chi connectivity index (χ3v) is 6.38. The molecule has 2 aromatic rings. The molecule has 0 bridgehead atoms. The van der Waals surface area contributed by atoms with E-state index in [1.807, 2.05) is 45.9 Å². The highest BCUT2D eigenvalue weighted by molar-refractivity contribution is 5.85. The van der Waals surface area contributed by atoms with E-state index < -0.39 is 17.5 Å². The number of rotatable bonds is 8. The van der Waals surface area contributed by atoms with Crippen LogP contribution in [-0.4, -0.2) is 42.2 Å². The summed E-state index contributed by atoms with van der Waals surface area (Å²) in [7, 11) is 0. The predicted octanol–water partition coefficient (Wildman–Crippen LogP) is 4.42. The minimum Gasteiger partial charge on any atom is -0.371 e. The Morgan fingerprint density at radius 1 is 1.09 bits per heavy atom. The lowest BCUT2D eigenvalue weighted by Crippen LogP contribution is -2.60. The molecule has 0 radical (unpaired) electrons. The smallest absolute Gasteiger partial charge is 0.252 e. The second-order valence-electron chi connectivity index (χ2n) is 9.65. The van der Waals surface area contributed by atoms with Gasteiger partial charge in [0, 0.05) is 19.4 Å². The van der Waals surface area contributed by atoms with Crippen LogP contribution < -0.4 is 5.32 Å². The second kappa shape index (κ2) is 10.1. The summed E-state index contributed by atoms with van der Waals surface area (Å²) in [6.45, 7) is 8.70. The van der Waals surface area contributed by atoms with Gasteiger partial charge in [0.25, 0.3) is 5.91 Å². The summed E-state index contributed by atoms with van der Waals surface area (Å²) < 4.78 is 38.4. The van der Waals surface area contributed by atoms with Gasteiger partial charge in [-0.05, 0) is 51.0 Å². The van der Waals surface area contributed by atoms with Crippen LogP contribution in [0.4, 0.5) is 4.39 Å². The monoisotopic (exact) mass is 471 g/mol. The van der Waals surface area contributed by atoms with Crippen LogP contribution >= 0.6 is 0 Å². The molecule has 6 nitrogen and oxygen atoms in total. The Kier molecular flexibility index (Phi) is 7.38. The quantitative estimate of drug-likeness (QED) is 0.617. The summed E-state index contributed by atoms with van der Waals surface area (Å²) in [5, 5.41) is 2.95. The molecule has 1 aliphatic carbocycles. The average molecular weight is 472 g/mol. The van der Waals surface area contributed by atoms with E-state index in [1.54, 1.807) is 12.1 Å². The van der Waals surface area contributed by atoms with Gasteiger partial charge in [-0.1, -0.05) is 42.0 Å². The fourth-order valence-electron chi connectivity index (χ4n) is 4.84. The van der Waals surface area contributed by atoms with Crippen molar-refractivity contribution in [3.05, 3.63) is 71.0 Å². The Morgan fingerprint density at radius 3 is 2.56 bits per heavy atom. The third-order valence-electron chi connectivity index (χ3n) is 6.38. The zero-order chi connectivity index (χ0) is 24.3. The predicted molar refractivity (Wildman–Crippen MR) is 125 cm³/mol. The molecule has 1 saturated carbocycles. The molecule has 2 aromatic carbocycles. The molecule has 1 saturated heterocycles. The number of carbonyl (C=O) groups is 1. The lowest BCUT2D eigenvalue weighted by molar-refractivity contribution is -0.183. The van der Waals surface area contributed by atoms with Gasteiger partial charge in [-0.15, -0.1) is 0 Å². The standard InChI is InChI=1S/C27H34FNO5/c1-5-29-25(30)27(32-17-20-8-6-7-18(2)13-20)14-22(24-23(15-27)33-26(3,4)34-24)31-16-19-9-11-21(28)12-10-19/h6-13,22-24H,5,14-17H2,1-4H3,(H,29,30)/t22-,23+,24-,27+/m0/s1. The first-order chi connectivity index (χ1) is 16.2. The van der Waals surface area contributed by atoms with E-state index in [2.05, 4.69) is 11.4 Å². The largest absolute Gasteiger partial charge is 0.371 e. The number of halogens is 1. The first kappa shape index (κ1) is 24.8. The maximum atomic E-state index is 13.4. The SMILES string of the molecule is CCNC(=O)[C@@]1(OCc2cccc(C)c2)C[C@H](OCc2ccc(F)cc2)[C@@H]2OC(C)(C)O[C@@H]2C1. The summed E-state index contributed by atoms with van der Waals surface area (Å²) >= 11 is 0. The zero-order valence-electron chi connectivity index (χ0n) is 20.3. The molecule has 1 heterocycles. The van der Waals surface area contributed by atoms with Crippen LogP contribution in [0.25, 0.3) is 0 Å². The number of aryl methyl sites for hydroxylation is 1. The average Bonchev–Trinajstić information content (AvgIpc) is 3.11. The Bertz CT molecular complexity index is 995. The second-order valence-corrected chi connectivity index (χ2v) is 9.65. The van der Waals surface area contributed by atoms with E-state index in [0.29, 0.717) is 26.0 Å². The number of hydrogen-bond donors (Lipinski definition) is 1. The Balaban J connectivity index is 1.58. The van der Waals surface area contributed by atoms with Crippen molar-refractivity contribution in [2.24, 2.45) is 0 Å². The van der Waals surface area contributed by atoms with Crippen LogP contribution in [0.3, 0.4) is 0 Å². The van der Waals surface area contributed by atoms with E-state index in [-0.39, 0.29) is 30.5 Å². The van der Waals surface area contributed by atoms with E-state index in [0.717, 1.165) is 16.7 Å². The molecule has 1 amide bonds. The van der Waals surface area contributed by atoms with E-state index >= 15 is 0 Å². The van der Waals surface area contributed by atoms with Crippen molar-refractivity contribution in [3.8, 4) is 0 Å². The summed E-state index contributed by atoms with van der Waals surface area (Å²) in [4.78, 5) is 13.4. The van der Waals surface area contributed by atoms with Crippen molar-refractivity contribution < 1.29 is 28.1 Å². The first-order valence-electron chi connectivity index (χ1n) is 11.9. The van der Waals surface area contributed by atoms with Crippen molar-refractivity contribution >= 4 is 5.91 Å². The number of benzene rings is 2. The van der Waals surface area contributed by atoms with Crippen molar-refractivity contribution in [2.45, 2.75) is 83.5 Å². The molecule has 2 aliphatic rings. The third kappa shape index (κ3) is 5.66. The highest BCUT2D eigenvalue weighted by Crippen LogP contribution is 2.44. The van der Waals surface area contributed by atoms with Crippen LogP contribution in [0, 0.1) is 12.7 Å². The van der Waals surface area contributed by atoms with Gasteiger partial charge in [-0.25, -0.2) is 4.39 Å². The maximum Gasteiger partial charge on any atom is 0.252 e. The van der Waals surface area contributed by atoms with Crippen molar-refractivity contribution in [1.29, 1.82) is 0 Å². The molecule has 1 N–H and O–H groups in total. The number of nitrogens with one attached hydrogen (secondary N) is 1. The molecule has 0 spiro atoms. The van der Waals surface area contributed by atoms with Gasteiger partial charge >= 0.3 is 0 Å². The number of carbonyl (C=O) groups excluding carboxylic acids is 1. The fraction of sp³-hybridized carbons (Fsp3) is 0.519. The van der Waals surface area contributed by atoms with Gasteiger partial charge in [0.05, 0.1) is 25.4 Å². The fourth-order valence-corrected chi connectivity index (χ4v) is 4.84. The highest BCUT2D eigenvalue weighted by Gasteiger charge is 2.57. The summed E-state index contributed by atoms with van der Waals surface area (Å²) in [6.07, 6.45) is -0.435. The van der Waals surface area contributed by atoms with Gasteiger partial charge in [0.15, 0.2) is 11.4 Å². The minimum absolute atomic E-state index is 0.176. The number of ether oxygens (including phenoxy) is 4. The molecular formula is C27H34FNO5. The van der Waals surface area contributed by atoms with Crippen molar-refractivity contribution in [3.63, 3.8) is 0 Å². The molecule has 7 heteroatoms. The van der Waals surface area contributed by atoms with Gasteiger partial charge in [0.2, 0.25) is 0 Å². The molecule has 0 aromatic heterocycles. The van der Waals surface area contributed by atoms with E-state index in [4.69, 9.17) is 18.9 Å². The van der Waals surface area contributed by atoms with Crippen LogP contribution in [-0.2, 0) is 37.0 Å². The Hall–Kier alpha value is -2.32. The lowest BCUT2D eigenvalue weighted by Gasteiger charge is -2.43. The summed E-state index contributed by atoms with van der Waals surface area (Å²) in [5.74, 6) is -1.26. The number of amides is 1. The van der Waals surface area contributed by atoms with Gasteiger partial charge < -0.3 is 24.3 Å². The lowest BCUT2D eigenvalue weighted by atomic mass is 9.78. The Labute approximate surface area is 200 Å². The normalized spacial score (nSPS) is 27.9. The van der Waals surface area contributed by atoms with E-state index in [9.17, 15) is 9.18 Å². The minimum atomic E-state index is -1.13. The molecule has 2 fully saturated rings. The van der Waals surface area contributed by atoms with Gasteiger partial charge in [-0.3, -0.25) is 4.79 Å². The van der Waals surface area contributed by atoms with Crippen LogP contribution in [0.1, 0.15) is 50.3 Å². The molecule has 34 heavy (non-hydrogen) atoms. The maximum absolute atomic E-state index is 13.4. The highest BCUT2D eigenvalue weighted by atomic mass is 19.1. The van der Waals surface area contributed by atoms with Crippen molar-refractivity contribution in [2.75, 3.05) is 6.54 Å². The van der Waals surface area contributed by atoms with Crippen LogP contribution in [0.5, 0.6) is 0 Å². The van der Waals surface area contributed by atoms with Gasteiger partial charge in [0.1, 0.15) is 11.9 Å². The molecular weight excluding hydrogens is 437 g/mol. The number of hydrogen-bond acceptors (Lipinski definition) is 5. The molecule has 4 rings (SSSR count). The number of fused-ring (bicyclic) bond motifs is 1. The topological polar surface area (TPSA) is 66.0 Å². The molecule has 1 aliphatic heterocycles. The summed E-state index contributed by atoms with van der Waals surface area (Å²) in [5.41, 5.74) is 1.84. The first-order valence-corrected chi connectivity index (χ1v) is 11.9. The van der Waals surface area contributed by atoms with Crippen LogP contribution in [0.2, 0.25) is 0 Å². The molecule has 4 atom stereocenters. The number of likely N-dealkylation sites (N-methyl/N-ethyl adjacent to an activating group) is 1. The molecule has 0 unspecified atom stereocenters. The zero-order valence-corrected chi connectivity index (χ0v) is 20.3. The Morgan fingerprint density at radius 2 is 1.85 bits per heavy atom. The van der Waals surface area contributed by atoms with Gasteiger partial charge in [-0.2, -0.15) is 0 Å². The molecule has 184 valence electrons. The summed E-state index contributed by atoms with van der Waals surface area (Å²) in [6, 6.07) is 14.2. The van der Waals surface area contributed by atoms with Crippen LogP contribution in [0.15, 0.2) is 48.5 Å². The van der Waals surface area contributed by atoms with Crippen molar-refractivity contribution in [1.82, 2.24) is 5.32 Å².